The Labute approximate surface area is 126 Å². The molecule has 0 atom stereocenters. The first-order chi connectivity index (χ1) is 9.83. The van der Waals surface area contributed by atoms with Crippen LogP contribution in [0.4, 0.5) is 0 Å². The second kappa shape index (κ2) is 6.31. The number of hydrogen-bond donors (Lipinski definition) is 1. The highest BCUT2D eigenvalue weighted by atomic mass is 16.5. The lowest BCUT2D eigenvalue weighted by molar-refractivity contribution is 0.247. The molecule has 4 nitrogen and oxygen atoms in total. The molecule has 0 aliphatic rings. The van der Waals surface area contributed by atoms with Gasteiger partial charge in [0.1, 0.15) is 12.4 Å². The minimum atomic E-state index is 0.0641. The second-order valence-electron chi connectivity index (χ2n) is 6.45. The van der Waals surface area contributed by atoms with Gasteiger partial charge in [0.25, 0.3) is 0 Å². The van der Waals surface area contributed by atoms with Crippen LogP contribution in [-0.4, -0.2) is 10.7 Å². The van der Waals surface area contributed by atoms with E-state index in [1.54, 1.807) is 0 Å². The van der Waals surface area contributed by atoms with Crippen LogP contribution in [0.25, 0.3) is 0 Å². The van der Waals surface area contributed by atoms with Gasteiger partial charge in [-0.05, 0) is 46.2 Å². The van der Waals surface area contributed by atoms with Gasteiger partial charge in [-0.2, -0.15) is 0 Å². The molecule has 0 spiro atoms. The Bertz CT molecular complexity index is 597. The van der Waals surface area contributed by atoms with Crippen LogP contribution in [-0.2, 0) is 13.2 Å². The van der Waals surface area contributed by atoms with Gasteiger partial charge in [0.05, 0.1) is 5.69 Å². The molecule has 2 rings (SSSR count). The van der Waals surface area contributed by atoms with E-state index in [0.717, 1.165) is 22.8 Å². The molecule has 21 heavy (non-hydrogen) atoms. The maximum Gasteiger partial charge on any atom is 0.174 e. The van der Waals surface area contributed by atoms with E-state index >= 15 is 0 Å². The number of aryl methyl sites for hydroxylation is 2. The van der Waals surface area contributed by atoms with Crippen LogP contribution in [0.3, 0.4) is 0 Å². The molecule has 0 unspecified atom stereocenters. The molecule has 1 aromatic heterocycles. The van der Waals surface area contributed by atoms with Crippen molar-refractivity contribution in [3.63, 3.8) is 0 Å². The van der Waals surface area contributed by atoms with Gasteiger partial charge in [0.2, 0.25) is 0 Å². The summed E-state index contributed by atoms with van der Waals surface area (Å²) < 4.78 is 11.1. The van der Waals surface area contributed by atoms with Gasteiger partial charge >= 0.3 is 0 Å². The normalized spacial score (nSPS) is 11.7. The van der Waals surface area contributed by atoms with E-state index in [9.17, 15) is 0 Å². The summed E-state index contributed by atoms with van der Waals surface area (Å²) in [5.74, 6) is 1.62. The number of rotatable bonds is 5. The van der Waals surface area contributed by atoms with Crippen molar-refractivity contribution < 1.29 is 9.26 Å². The van der Waals surface area contributed by atoms with Gasteiger partial charge in [0, 0.05) is 18.2 Å². The fraction of sp³-hybridized carbons (Fsp3) is 0.471. The number of nitrogens with one attached hydrogen (secondary N) is 1. The zero-order valence-electron chi connectivity index (χ0n) is 13.5. The molecule has 0 amide bonds. The van der Waals surface area contributed by atoms with E-state index in [0.29, 0.717) is 13.2 Å². The molecule has 0 saturated heterocycles. The fourth-order valence-corrected chi connectivity index (χ4v) is 1.97. The first kappa shape index (κ1) is 15.6. The van der Waals surface area contributed by atoms with Crippen molar-refractivity contribution >= 4 is 0 Å². The summed E-state index contributed by atoms with van der Waals surface area (Å²) in [5, 5.41) is 7.43. The minimum absolute atomic E-state index is 0.0641. The van der Waals surface area contributed by atoms with Crippen molar-refractivity contribution in [1.29, 1.82) is 0 Å². The van der Waals surface area contributed by atoms with Crippen molar-refractivity contribution in [3.05, 3.63) is 46.8 Å². The summed E-state index contributed by atoms with van der Waals surface area (Å²) in [5.41, 5.74) is 3.32. The van der Waals surface area contributed by atoms with Crippen molar-refractivity contribution in [2.45, 2.75) is 53.3 Å². The molecule has 0 aliphatic carbocycles. The first-order valence-electron chi connectivity index (χ1n) is 7.23. The molecule has 2 aromatic rings. The molecular weight excluding hydrogens is 264 g/mol. The maximum absolute atomic E-state index is 5.78. The standard InChI is InChI=1S/C17H24N2O2/c1-12-6-7-16(13(2)8-12)20-11-15-9-14(19-21-15)10-18-17(3,4)5/h6-9,18H,10-11H2,1-5H3. The summed E-state index contributed by atoms with van der Waals surface area (Å²) in [6.45, 7) is 11.6. The van der Waals surface area contributed by atoms with E-state index in [1.807, 2.05) is 25.1 Å². The molecule has 0 bridgehead atoms. The maximum atomic E-state index is 5.78. The Morgan fingerprint density at radius 3 is 2.62 bits per heavy atom. The molecular formula is C17H24N2O2. The molecule has 0 aliphatic heterocycles. The molecule has 1 heterocycles. The molecule has 1 N–H and O–H groups in total. The zero-order valence-corrected chi connectivity index (χ0v) is 13.5. The van der Waals surface area contributed by atoms with Crippen LogP contribution < -0.4 is 10.1 Å². The zero-order chi connectivity index (χ0) is 15.5. The van der Waals surface area contributed by atoms with Crippen molar-refractivity contribution in [1.82, 2.24) is 10.5 Å². The SMILES string of the molecule is Cc1ccc(OCc2cc(CNC(C)(C)C)no2)c(C)c1. The Balaban J connectivity index is 1.90. The monoisotopic (exact) mass is 288 g/mol. The van der Waals surface area contributed by atoms with E-state index in [-0.39, 0.29) is 5.54 Å². The smallest absolute Gasteiger partial charge is 0.174 e. The van der Waals surface area contributed by atoms with E-state index in [4.69, 9.17) is 9.26 Å². The average Bonchev–Trinajstić information content (AvgIpc) is 2.82. The Kier molecular flexibility index (Phi) is 4.68. The first-order valence-corrected chi connectivity index (χ1v) is 7.23. The highest BCUT2D eigenvalue weighted by Gasteiger charge is 2.11. The van der Waals surface area contributed by atoms with Gasteiger partial charge in [-0.1, -0.05) is 22.9 Å². The van der Waals surface area contributed by atoms with E-state index < -0.39 is 0 Å². The van der Waals surface area contributed by atoms with Crippen LogP contribution in [0.1, 0.15) is 43.4 Å². The molecule has 114 valence electrons. The lowest BCUT2D eigenvalue weighted by Crippen LogP contribution is -2.35. The summed E-state index contributed by atoms with van der Waals surface area (Å²) in [4.78, 5) is 0. The molecule has 4 heteroatoms. The van der Waals surface area contributed by atoms with Crippen LogP contribution in [0.15, 0.2) is 28.8 Å². The number of aromatic nitrogens is 1. The predicted octanol–water partition coefficient (Wildman–Crippen LogP) is 3.76. The largest absolute Gasteiger partial charge is 0.485 e. The Morgan fingerprint density at radius 2 is 1.95 bits per heavy atom. The molecule has 0 radical (unpaired) electrons. The third kappa shape index (κ3) is 4.90. The number of hydrogen-bond acceptors (Lipinski definition) is 4. The van der Waals surface area contributed by atoms with Crippen molar-refractivity contribution in [2.24, 2.45) is 0 Å². The van der Waals surface area contributed by atoms with Crippen LogP contribution in [0.2, 0.25) is 0 Å². The highest BCUT2D eigenvalue weighted by molar-refractivity contribution is 5.35. The van der Waals surface area contributed by atoms with Crippen LogP contribution in [0.5, 0.6) is 5.75 Å². The summed E-state index contributed by atoms with van der Waals surface area (Å²) >= 11 is 0. The topological polar surface area (TPSA) is 47.3 Å². The van der Waals surface area contributed by atoms with E-state index in [1.165, 1.54) is 5.56 Å². The van der Waals surface area contributed by atoms with Gasteiger partial charge in [-0.15, -0.1) is 0 Å². The molecule has 0 fully saturated rings. The van der Waals surface area contributed by atoms with Crippen LogP contribution >= 0.6 is 0 Å². The van der Waals surface area contributed by atoms with Gasteiger partial charge in [0.15, 0.2) is 5.76 Å². The molecule has 0 saturated carbocycles. The number of nitrogens with zero attached hydrogens (tertiary/aromatic N) is 1. The number of benzene rings is 1. The number of ether oxygens (including phenoxy) is 1. The van der Waals surface area contributed by atoms with E-state index in [2.05, 4.69) is 44.2 Å². The summed E-state index contributed by atoms with van der Waals surface area (Å²) in [7, 11) is 0. The molecule has 1 aromatic carbocycles. The van der Waals surface area contributed by atoms with Gasteiger partial charge in [-0.3, -0.25) is 0 Å². The van der Waals surface area contributed by atoms with Gasteiger partial charge in [-0.25, -0.2) is 0 Å². The Hall–Kier alpha value is -1.81. The highest BCUT2D eigenvalue weighted by Crippen LogP contribution is 2.20. The summed E-state index contributed by atoms with van der Waals surface area (Å²) in [6, 6.07) is 8.07. The van der Waals surface area contributed by atoms with Crippen LogP contribution in [0, 0.1) is 13.8 Å². The predicted molar refractivity (Wildman–Crippen MR) is 83.3 cm³/mol. The fourth-order valence-electron chi connectivity index (χ4n) is 1.97. The average molecular weight is 288 g/mol. The van der Waals surface area contributed by atoms with Gasteiger partial charge < -0.3 is 14.6 Å². The van der Waals surface area contributed by atoms with Crippen molar-refractivity contribution in [3.8, 4) is 5.75 Å². The third-order valence-electron chi connectivity index (χ3n) is 3.11. The quantitative estimate of drug-likeness (QED) is 0.910. The van der Waals surface area contributed by atoms with Crippen molar-refractivity contribution in [2.75, 3.05) is 0 Å². The lowest BCUT2D eigenvalue weighted by atomic mass is 10.1. The third-order valence-corrected chi connectivity index (χ3v) is 3.11. The Morgan fingerprint density at radius 1 is 1.19 bits per heavy atom. The summed E-state index contributed by atoms with van der Waals surface area (Å²) in [6.07, 6.45) is 0. The second-order valence-corrected chi connectivity index (χ2v) is 6.45. The minimum Gasteiger partial charge on any atom is -0.485 e. The lowest BCUT2D eigenvalue weighted by Gasteiger charge is -2.19.